The Hall–Kier alpha value is -1.63. The highest BCUT2D eigenvalue weighted by molar-refractivity contribution is 5.79. The Morgan fingerprint density at radius 2 is 2.04 bits per heavy atom. The van der Waals surface area contributed by atoms with Gasteiger partial charge < -0.3 is 19.5 Å². The molecule has 0 aliphatic carbocycles. The lowest BCUT2D eigenvalue weighted by molar-refractivity contribution is 0.0263. The van der Waals surface area contributed by atoms with Crippen molar-refractivity contribution in [3.8, 4) is 0 Å². The maximum absolute atomic E-state index is 5.73. The zero-order valence-corrected chi connectivity index (χ0v) is 15.0. The van der Waals surface area contributed by atoms with Crippen LogP contribution < -0.4 is 5.32 Å². The van der Waals surface area contributed by atoms with Gasteiger partial charge in [0.25, 0.3) is 0 Å². The quantitative estimate of drug-likeness (QED) is 0.669. The number of ether oxygens (including phenoxy) is 1. The summed E-state index contributed by atoms with van der Waals surface area (Å²) in [5.41, 5.74) is 0. The van der Waals surface area contributed by atoms with Crippen LogP contribution in [0.2, 0.25) is 0 Å². The second-order valence-corrected chi connectivity index (χ2v) is 6.54. The van der Waals surface area contributed by atoms with Crippen molar-refractivity contribution >= 4 is 5.96 Å². The molecule has 0 spiro atoms. The average Bonchev–Trinajstić information content (AvgIpc) is 2.84. The molecule has 0 aromatic carbocycles. The highest BCUT2D eigenvalue weighted by Crippen LogP contribution is 2.15. The van der Waals surface area contributed by atoms with Gasteiger partial charge in [0.1, 0.15) is 5.82 Å². The van der Waals surface area contributed by atoms with Crippen molar-refractivity contribution in [3.05, 3.63) is 11.6 Å². The molecule has 0 saturated carbocycles. The summed E-state index contributed by atoms with van der Waals surface area (Å²) in [6.07, 6.45) is 7.31. The van der Waals surface area contributed by atoms with Crippen LogP contribution in [-0.4, -0.2) is 58.5 Å². The molecule has 3 heterocycles. The summed E-state index contributed by atoms with van der Waals surface area (Å²) < 4.78 is 8.02. The number of aryl methyl sites for hydroxylation is 1. The average molecular weight is 334 g/mol. The minimum absolute atomic E-state index is 0.400. The first-order chi connectivity index (χ1) is 11.8. The molecule has 1 saturated heterocycles. The predicted molar refractivity (Wildman–Crippen MR) is 94.0 cm³/mol. The Kier molecular flexibility index (Phi) is 6.07. The second-order valence-electron chi connectivity index (χ2n) is 6.54. The van der Waals surface area contributed by atoms with Crippen LogP contribution in [0, 0.1) is 0 Å². The highest BCUT2D eigenvalue weighted by Gasteiger charge is 2.22. The monoisotopic (exact) mass is 334 g/mol. The summed E-state index contributed by atoms with van der Waals surface area (Å²) in [5.74, 6) is 3.12. The normalized spacial score (nSPS) is 19.9. The highest BCUT2D eigenvalue weighted by atomic mass is 16.5. The van der Waals surface area contributed by atoms with Crippen LogP contribution in [0.3, 0.4) is 0 Å². The summed E-state index contributed by atoms with van der Waals surface area (Å²) in [7, 11) is 1.85. The van der Waals surface area contributed by atoms with Crippen LogP contribution >= 0.6 is 0 Å². The van der Waals surface area contributed by atoms with E-state index in [1.807, 2.05) is 7.05 Å². The molecule has 0 bridgehead atoms. The van der Waals surface area contributed by atoms with Gasteiger partial charge in [0, 0.05) is 39.7 Å². The summed E-state index contributed by atoms with van der Waals surface area (Å²) in [4.78, 5) is 6.76. The number of aromatic nitrogens is 3. The lowest BCUT2D eigenvalue weighted by atomic mass is 10.1. The van der Waals surface area contributed by atoms with E-state index in [0.29, 0.717) is 12.6 Å². The van der Waals surface area contributed by atoms with Crippen molar-refractivity contribution in [2.75, 3.05) is 26.7 Å². The molecular formula is C17H30N6O. The maximum Gasteiger partial charge on any atom is 0.194 e. The summed E-state index contributed by atoms with van der Waals surface area (Å²) in [6.45, 7) is 6.57. The van der Waals surface area contributed by atoms with E-state index in [2.05, 4.69) is 36.9 Å². The number of nitrogens with one attached hydrogen (secondary N) is 1. The molecule has 7 heteroatoms. The Balaban J connectivity index is 1.55. The number of piperidine rings is 1. The first-order valence-corrected chi connectivity index (χ1v) is 9.30. The van der Waals surface area contributed by atoms with E-state index in [1.54, 1.807) is 0 Å². The molecule has 0 atom stereocenters. The molecule has 1 aromatic heterocycles. The van der Waals surface area contributed by atoms with Gasteiger partial charge in [-0.25, -0.2) is 0 Å². The van der Waals surface area contributed by atoms with Crippen LogP contribution in [0.4, 0.5) is 0 Å². The molecule has 0 radical (unpaired) electrons. The molecule has 0 unspecified atom stereocenters. The first-order valence-electron chi connectivity index (χ1n) is 9.30. The van der Waals surface area contributed by atoms with Gasteiger partial charge in [0.15, 0.2) is 11.8 Å². The fourth-order valence-electron chi connectivity index (χ4n) is 3.64. The van der Waals surface area contributed by atoms with Gasteiger partial charge >= 0.3 is 0 Å². The number of rotatable bonds is 4. The number of aliphatic imine (C=N–C) groups is 1. The minimum Gasteiger partial charge on any atom is -0.378 e. The fraction of sp³-hybridized carbons (Fsp3) is 0.824. The third kappa shape index (κ3) is 4.06. The van der Waals surface area contributed by atoms with Gasteiger partial charge in [-0.15, -0.1) is 10.2 Å². The van der Waals surface area contributed by atoms with Crippen LogP contribution in [0.5, 0.6) is 0 Å². The van der Waals surface area contributed by atoms with E-state index in [0.717, 1.165) is 63.1 Å². The van der Waals surface area contributed by atoms with E-state index >= 15 is 0 Å². The van der Waals surface area contributed by atoms with E-state index in [1.165, 1.54) is 19.3 Å². The van der Waals surface area contributed by atoms with Crippen LogP contribution in [0.25, 0.3) is 0 Å². The largest absolute Gasteiger partial charge is 0.378 e. The van der Waals surface area contributed by atoms with Gasteiger partial charge in [0.2, 0.25) is 0 Å². The molecule has 134 valence electrons. The van der Waals surface area contributed by atoms with E-state index in [4.69, 9.17) is 4.74 Å². The van der Waals surface area contributed by atoms with E-state index in [-0.39, 0.29) is 0 Å². The van der Waals surface area contributed by atoms with Crippen molar-refractivity contribution in [2.45, 2.75) is 64.6 Å². The van der Waals surface area contributed by atoms with E-state index < -0.39 is 0 Å². The number of likely N-dealkylation sites (tertiary alicyclic amines) is 1. The van der Waals surface area contributed by atoms with Gasteiger partial charge in [0.05, 0.1) is 12.6 Å². The molecule has 1 aromatic rings. The van der Waals surface area contributed by atoms with Crippen molar-refractivity contribution in [2.24, 2.45) is 4.99 Å². The molecule has 24 heavy (non-hydrogen) atoms. The molecule has 3 rings (SSSR count). The Morgan fingerprint density at radius 1 is 1.21 bits per heavy atom. The Morgan fingerprint density at radius 3 is 2.79 bits per heavy atom. The van der Waals surface area contributed by atoms with Gasteiger partial charge in [-0.3, -0.25) is 4.99 Å². The van der Waals surface area contributed by atoms with E-state index in [9.17, 15) is 0 Å². The second kappa shape index (κ2) is 8.46. The minimum atomic E-state index is 0.400. The molecule has 1 N–H and O–H groups in total. The molecule has 2 aliphatic heterocycles. The zero-order valence-electron chi connectivity index (χ0n) is 15.0. The standard InChI is InChI=1S/C17H30N6O/c1-3-24-14-8-11-22(12-9-14)17(18-2)19-13-16-21-20-15-7-5-4-6-10-23(15)16/h14H,3-13H2,1-2H3,(H,18,19). The summed E-state index contributed by atoms with van der Waals surface area (Å²) in [5, 5.41) is 12.2. The van der Waals surface area contributed by atoms with Crippen LogP contribution in [-0.2, 0) is 24.2 Å². The lowest BCUT2D eigenvalue weighted by Crippen LogP contribution is -2.47. The fourth-order valence-corrected chi connectivity index (χ4v) is 3.64. The van der Waals surface area contributed by atoms with Gasteiger partial charge in [-0.2, -0.15) is 0 Å². The van der Waals surface area contributed by atoms with Crippen LogP contribution in [0.1, 0.15) is 50.7 Å². The summed E-state index contributed by atoms with van der Waals surface area (Å²) >= 11 is 0. The number of nitrogens with zero attached hydrogens (tertiary/aromatic N) is 5. The number of guanidine groups is 1. The predicted octanol–water partition coefficient (Wildman–Crippen LogP) is 1.58. The van der Waals surface area contributed by atoms with Crippen molar-refractivity contribution < 1.29 is 4.74 Å². The number of hydrogen-bond acceptors (Lipinski definition) is 4. The van der Waals surface area contributed by atoms with Crippen molar-refractivity contribution in [1.82, 2.24) is 25.0 Å². The van der Waals surface area contributed by atoms with Crippen molar-refractivity contribution in [1.29, 1.82) is 0 Å². The molecular weight excluding hydrogens is 304 g/mol. The van der Waals surface area contributed by atoms with Crippen LogP contribution in [0.15, 0.2) is 4.99 Å². The zero-order chi connectivity index (χ0) is 16.8. The SMILES string of the molecule is CCOC1CCN(C(=NC)NCc2nnc3n2CCCCC3)CC1. The molecule has 1 fully saturated rings. The number of hydrogen-bond donors (Lipinski definition) is 1. The molecule has 0 amide bonds. The Labute approximate surface area is 144 Å². The third-order valence-electron chi connectivity index (χ3n) is 4.95. The van der Waals surface area contributed by atoms with Gasteiger partial charge in [-0.1, -0.05) is 6.42 Å². The van der Waals surface area contributed by atoms with Gasteiger partial charge in [-0.05, 0) is 32.6 Å². The number of fused-ring (bicyclic) bond motifs is 1. The smallest absolute Gasteiger partial charge is 0.194 e. The first kappa shape index (κ1) is 17.2. The summed E-state index contributed by atoms with van der Waals surface area (Å²) in [6, 6.07) is 0. The third-order valence-corrected chi connectivity index (χ3v) is 4.95. The topological polar surface area (TPSA) is 67.6 Å². The maximum atomic E-state index is 5.73. The molecule has 2 aliphatic rings. The van der Waals surface area contributed by atoms with Crippen molar-refractivity contribution in [3.63, 3.8) is 0 Å². The molecule has 7 nitrogen and oxygen atoms in total. The lowest BCUT2D eigenvalue weighted by Gasteiger charge is -2.34. The Bertz CT molecular complexity index is 547.